The number of nitrogens with zero attached hydrogens (tertiary/aromatic N) is 2. The average molecular weight is 494 g/mol. The number of carbonyl (C=O) groups excluding carboxylic acids is 1. The summed E-state index contributed by atoms with van der Waals surface area (Å²) in [6, 6.07) is 11.6. The topological polar surface area (TPSA) is 77.2 Å². The zero-order valence-electron chi connectivity index (χ0n) is 17.4. The molecular formula is C23H16ClF4N3O3. The van der Waals surface area contributed by atoms with E-state index < -0.39 is 24.0 Å². The van der Waals surface area contributed by atoms with Crippen molar-refractivity contribution in [2.24, 2.45) is 10.7 Å². The van der Waals surface area contributed by atoms with Crippen molar-refractivity contribution in [3.05, 3.63) is 76.6 Å². The number of aliphatic imine (C=N–C) groups is 1. The summed E-state index contributed by atoms with van der Waals surface area (Å²) in [6.45, 7) is 0. The minimum atomic E-state index is -4.90. The lowest BCUT2D eigenvalue weighted by atomic mass is 9.92. The van der Waals surface area contributed by atoms with Crippen molar-refractivity contribution < 1.29 is 31.8 Å². The predicted molar refractivity (Wildman–Crippen MR) is 117 cm³/mol. The fourth-order valence-corrected chi connectivity index (χ4v) is 3.71. The maximum Gasteiger partial charge on any atom is 0.573 e. The van der Waals surface area contributed by atoms with Gasteiger partial charge in [-0.25, -0.2) is 9.38 Å². The van der Waals surface area contributed by atoms with E-state index >= 15 is 0 Å². The van der Waals surface area contributed by atoms with Gasteiger partial charge in [0.15, 0.2) is 5.96 Å². The number of ether oxygens (including phenoxy) is 2. The van der Waals surface area contributed by atoms with E-state index in [-0.39, 0.29) is 22.3 Å². The number of fused-ring (bicyclic) bond motifs is 2. The molecule has 1 unspecified atom stereocenters. The summed E-state index contributed by atoms with van der Waals surface area (Å²) in [5, 5.41) is 0.190. The molecule has 3 aromatic carbocycles. The molecule has 3 aromatic rings. The number of halogens is 5. The van der Waals surface area contributed by atoms with Crippen LogP contribution in [0.5, 0.6) is 17.2 Å². The SMILES string of the molecule is CN(C=O)C(N)=NC1c2cc(OC(F)(F)F)ccc2Oc2ccc(-c3cc(F)cc(Cl)c3)cc21. The third-order valence-electron chi connectivity index (χ3n) is 5.01. The Labute approximate surface area is 196 Å². The van der Waals surface area contributed by atoms with Gasteiger partial charge in [-0.15, -0.1) is 13.2 Å². The second-order valence-electron chi connectivity index (χ2n) is 7.37. The summed E-state index contributed by atoms with van der Waals surface area (Å²) >= 11 is 5.98. The summed E-state index contributed by atoms with van der Waals surface area (Å²) in [4.78, 5) is 16.5. The van der Waals surface area contributed by atoms with Crippen LogP contribution < -0.4 is 15.2 Å². The zero-order valence-corrected chi connectivity index (χ0v) is 18.2. The number of amides is 1. The maximum absolute atomic E-state index is 13.9. The van der Waals surface area contributed by atoms with Gasteiger partial charge in [-0.3, -0.25) is 9.69 Å². The molecule has 0 fully saturated rings. The Bertz CT molecular complexity index is 1280. The van der Waals surface area contributed by atoms with Gasteiger partial charge in [0, 0.05) is 23.2 Å². The monoisotopic (exact) mass is 493 g/mol. The van der Waals surface area contributed by atoms with Gasteiger partial charge in [0.25, 0.3) is 0 Å². The third kappa shape index (κ3) is 4.91. The summed E-state index contributed by atoms with van der Waals surface area (Å²) in [5.74, 6) is -0.603. The first-order valence-electron chi connectivity index (χ1n) is 9.73. The Balaban J connectivity index is 1.87. The van der Waals surface area contributed by atoms with E-state index in [4.69, 9.17) is 22.1 Å². The van der Waals surface area contributed by atoms with E-state index in [1.54, 1.807) is 24.3 Å². The van der Waals surface area contributed by atoms with Crippen LogP contribution in [0, 0.1) is 5.82 Å². The van der Waals surface area contributed by atoms with Crippen molar-refractivity contribution in [3.63, 3.8) is 0 Å². The minimum absolute atomic E-state index is 0.180. The third-order valence-corrected chi connectivity index (χ3v) is 5.23. The molecule has 34 heavy (non-hydrogen) atoms. The van der Waals surface area contributed by atoms with Crippen LogP contribution in [0.3, 0.4) is 0 Å². The Morgan fingerprint density at radius 2 is 1.76 bits per heavy atom. The van der Waals surface area contributed by atoms with Gasteiger partial charge < -0.3 is 15.2 Å². The first-order valence-corrected chi connectivity index (χ1v) is 10.1. The molecule has 176 valence electrons. The van der Waals surface area contributed by atoms with Crippen LogP contribution in [0.4, 0.5) is 17.6 Å². The molecule has 1 heterocycles. The Morgan fingerprint density at radius 1 is 1.09 bits per heavy atom. The molecule has 2 N–H and O–H groups in total. The van der Waals surface area contributed by atoms with Crippen LogP contribution >= 0.6 is 11.6 Å². The van der Waals surface area contributed by atoms with Gasteiger partial charge in [-0.05, 0) is 59.7 Å². The van der Waals surface area contributed by atoms with Gasteiger partial charge >= 0.3 is 6.36 Å². The van der Waals surface area contributed by atoms with Crippen LogP contribution in [0.1, 0.15) is 17.2 Å². The molecule has 11 heteroatoms. The number of rotatable bonds is 4. The van der Waals surface area contributed by atoms with Crippen molar-refractivity contribution in [3.8, 4) is 28.4 Å². The summed E-state index contributed by atoms with van der Waals surface area (Å²) in [7, 11) is 1.38. The number of carbonyl (C=O) groups is 1. The largest absolute Gasteiger partial charge is 0.573 e. The highest BCUT2D eigenvalue weighted by Crippen LogP contribution is 2.47. The molecule has 0 bridgehead atoms. The van der Waals surface area contributed by atoms with E-state index in [9.17, 15) is 22.4 Å². The number of hydrogen-bond donors (Lipinski definition) is 1. The van der Waals surface area contributed by atoms with E-state index in [1.807, 2.05) is 0 Å². The van der Waals surface area contributed by atoms with Crippen LogP contribution in [0.2, 0.25) is 5.02 Å². The fraction of sp³-hybridized carbons (Fsp3) is 0.130. The molecule has 0 aliphatic carbocycles. The number of guanidine groups is 1. The van der Waals surface area contributed by atoms with Crippen LogP contribution in [0.15, 0.2) is 59.6 Å². The molecule has 0 saturated heterocycles. The van der Waals surface area contributed by atoms with Gasteiger partial charge in [-0.1, -0.05) is 17.7 Å². The van der Waals surface area contributed by atoms with Crippen molar-refractivity contribution in [1.82, 2.24) is 4.90 Å². The maximum atomic E-state index is 13.9. The lowest BCUT2D eigenvalue weighted by Crippen LogP contribution is -2.33. The van der Waals surface area contributed by atoms with Crippen molar-refractivity contribution in [2.75, 3.05) is 7.05 Å². The summed E-state index contributed by atoms with van der Waals surface area (Å²) in [5.41, 5.74) is 7.60. The fourth-order valence-electron chi connectivity index (χ4n) is 3.49. The molecule has 1 aliphatic rings. The number of nitrogens with two attached hydrogens (primary N) is 1. The normalized spacial score (nSPS) is 15.1. The molecule has 0 spiro atoms. The molecule has 1 amide bonds. The zero-order chi connectivity index (χ0) is 24.6. The van der Waals surface area contributed by atoms with E-state index in [1.165, 1.54) is 19.2 Å². The van der Waals surface area contributed by atoms with E-state index in [0.717, 1.165) is 23.1 Å². The molecule has 4 rings (SSSR count). The van der Waals surface area contributed by atoms with Crippen molar-refractivity contribution in [1.29, 1.82) is 0 Å². The van der Waals surface area contributed by atoms with E-state index in [0.29, 0.717) is 28.8 Å². The second-order valence-corrected chi connectivity index (χ2v) is 7.80. The predicted octanol–water partition coefficient (Wildman–Crippen LogP) is 5.64. The van der Waals surface area contributed by atoms with Gasteiger partial charge in [0.1, 0.15) is 29.1 Å². The molecule has 1 atom stereocenters. The quantitative estimate of drug-likeness (QED) is 0.221. The van der Waals surface area contributed by atoms with E-state index in [2.05, 4.69) is 9.73 Å². The van der Waals surface area contributed by atoms with Crippen LogP contribution in [0.25, 0.3) is 11.1 Å². The molecule has 0 radical (unpaired) electrons. The first kappa shape index (κ1) is 23.4. The van der Waals surface area contributed by atoms with Gasteiger partial charge in [0.2, 0.25) is 6.41 Å². The van der Waals surface area contributed by atoms with Crippen LogP contribution in [-0.4, -0.2) is 30.7 Å². The summed E-state index contributed by atoms with van der Waals surface area (Å²) < 4.78 is 62.2. The number of alkyl halides is 3. The molecule has 1 aliphatic heterocycles. The lowest BCUT2D eigenvalue weighted by molar-refractivity contribution is -0.274. The van der Waals surface area contributed by atoms with Crippen molar-refractivity contribution in [2.45, 2.75) is 12.4 Å². The average Bonchev–Trinajstić information content (AvgIpc) is 2.76. The molecular weight excluding hydrogens is 478 g/mol. The Kier molecular flexibility index (Phi) is 6.09. The molecule has 0 saturated carbocycles. The van der Waals surface area contributed by atoms with Crippen LogP contribution in [-0.2, 0) is 4.79 Å². The highest BCUT2D eigenvalue weighted by Gasteiger charge is 2.33. The second kappa shape index (κ2) is 8.86. The Morgan fingerprint density at radius 3 is 2.41 bits per heavy atom. The number of benzene rings is 3. The Hall–Kier alpha value is -3.79. The van der Waals surface area contributed by atoms with Gasteiger partial charge in [-0.2, -0.15) is 0 Å². The number of hydrogen-bond acceptors (Lipinski definition) is 4. The van der Waals surface area contributed by atoms with Crippen molar-refractivity contribution >= 4 is 24.0 Å². The highest BCUT2D eigenvalue weighted by atomic mass is 35.5. The smallest absolute Gasteiger partial charge is 0.457 e. The summed E-state index contributed by atoms with van der Waals surface area (Å²) in [6.07, 6.45) is -4.46. The first-order chi connectivity index (χ1) is 16.0. The van der Waals surface area contributed by atoms with Gasteiger partial charge in [0.05, 0.1) is 0 Å². The molecule has 6 nitrogen and oxygen atoms in total. The minimum Gasteiger partial charge on any atom is -0.457 e. The lowest BCUT2D eigenvalue weighted by Gasteiger charge is -2.28. The standard InChI is InChI=1S/C23H16ClF4N3O3/c1-31(11-32)22(29)30-21-17-8-12(13-6-14(24)9-15(25)7-13)2-4-19(17)33-20-5-3-16(10-18(20)21)34-23(26,27)28/h2-11,21H,1H3,(H2,29,30). The molecule has 0 aromatic heterocycles. The highest BCUT2D eigenvalue weighted by molar-refractivity contribution is 6.30.